The van der Waals surface area contributed by atoms with E-state index in [0.29, 0.717) is 24.3 Å². The van der Waals surface area contributed by atoms with Gasteiger partial charge in [-0.15, -0.1) is 0 Å². The summed E-state index contributed by atoms with van der Waals surface area (Å²) in [5.74, 6) is -0.152. The summed E-state index contributed by atoms with van der Waals surface area (Å²) < 4.78 is 31.8. The van der Waals surface area contributed by atoms with Crippen molar-refractivity contribution in [2.45, 2.75) is 39.3 Å². The van der Waals surface area contributed by atoms with Crippen molar-refractivity contribution in [3.05, 3.63) is 59.7 Å². The molecule has 1 N–H and O–H groups in total. The molecule has 0 saturated heterocycles. The first kappa shape index (κ1) is 26.2. The molecule has 0 saturated carbocycles. The quantitative estimate of drug-likeness (QED) is 0.539. The Balaban J connectivity index is 2.47. The fraction of sp³-hybridized carbons (Fsp3) is 0.417. The predicted molar refractivity (Wildman–Crippen MR) is 130 cm³/mol. The van der Waals surface area contributed by atoms with Crippen LogP contribution in [0, 0.1) is 0 Å². The Hall–Kier alpha value is -3.07. The van der Waals surface area contributed by atoms with E-state index in [0.717, 1.165) is 21.7 Å². The highest BCUT2D eigenvalue weighted by Gasteiger charge is 2.31. The van der Waals surface area contributed by atoms with Crippen molar-refractivity contribution in [1.82, 2.24) is 10.2 Å². The van der Waals surface area contributed by atoms with Crippen LogP contribution in [0.1, 0.15) is 31.4 Å². The number of carbonyl (C=O) groups is 2. The summed E-state index contributed by atoms with van der Waals surface area (Å²) in [6.07, 6.45) is 2.06. The molecule has 0 fully saturated rings. The highest BCUT2D eigenvalue weighted by atomic mass is 32.2. The van der Waals surface area contributed by atoms with Gasteiger partial charge in [0, 0.05) is 13.6 Å². The van der Waals surface area contributed by atoms with Crippen molar-refractivity contribution < 1.29 is 22.7 Å². The van der Waals surface area contributed by atoms with Gasteiger partial charge in [-0.1, -0.05) is 44.2 Å². The molecule has 0 aliphatic heterocycles. The molecule has 1 unspecified atom stereocenters. The number of hydrogen-bond donors (Lipinski definition) is 1. The number of rotatable bonds is 11. The van der Waals surface area contributed by atoms with Crippen molar-refractivity contribution in [2.75, 3.05) is 31.3 Å². The van der Waals surface area contributed by atoms with Crippen LogP contribution in [-0.2, 0) is 32.6 Å². The number of ether oxygens (including phenoxy) is 1. The first-order valence-corrected chi connectivity index (χ1v) is 12.7. The number of aryl methyl sites for hydroxylation is 1. The van der Waals surface area contributed by atoms with E-state index in [9.17, 15) is 18.0 Å². The first-order chi connectivity index (χ1) is 15.7. The van der Waals surface area contributed by atoms with Crippen LogP contribution in [0.4, 0.5) is 5.69 Å². The van der Waals surface area contributed by atoms with Crippen LogP contribution in [0.2, 0.25) is 0 Å². The number of para-hydroxylation sites is 1. The van der Waals surface area contributed by atoms with Gasteiger partial charge in [0.1, 0.15) is 18.3 Å². The lowest BCUT2D eigenvalue weighted by Gasteiger charge is -2.33. The van der Waals surface area contributed by atoms with Crippen molar-refractivity contribution in [3.8, 4) is 5.75 Å². The Morgan fingerprint density at radius 1 is 1.09 bits per heavy atom. The molecule has 9 heteroatoms. The fourth-order valence-electron chi connectivity index (χ4n) is 3.70. The van der Waals surface area contributed by atoms with Gasteiger partial charge in [-0.25, -0.2) is 8.42 Å². The molecule has 2 aromatic carbocycles. The number of nitrogens with one attached hydrogen (secondary N) is 1. The Morgan fingerprint density at radius 2 is 1.79 bits per heavy atom. The third-order valence-electron chi connectivity index (χ3n) is 5.44. The SMILES string of the molecule is CCc1ccccc1N(CC(=O)N(Cc1cccc(OC)c1)C(CC)C(=O)NC)S(C)(=O)=O. The van der Waals surface area contributed by atoms with Crippen LogP contribution < -0.4 is 14.4 Å². The molecule has 0 aliphatic carbocycles. The maximum absolute atomic E-state index is 13.6. The van der Waals surface area contributed by atoms with Gasteiger partial charge in [0.05, 0.1) is 19.1 Å². The third-order valence-corrected chi connectivity index (χ3v) is 6.57. The monoisotopic (exact) mass is 475 g/mol. The second kappa shape index (κ2) is 11.7. The zero-order valence-corrected chi connectivity index (χ0v) is 20.7. The molecular weight excluding hydrogens is 442 g/mol. The number of amides is 2. The van der Waals surface area contributed by atoms with Crippen molar-refractivity contribution in [1.29, 1.82) is 0 Å². The van der Waals surface area contributed by atoms with E-state index >= 15 is 0 Å². The fourth-order valence-corrected chi connectivity index (χ4v) is 4.58. The molecule has 2 amide bonds. The lowest BCUT2D eigenvalue weighted by molar-refractivity contribution is -0.140. The number of benzene rings is 2. The summed E-state index contributed by atoms with van der Waals surface area (Å²) >= 11 is 0. The van der Waals surface area contributed by atoms with Gasteiger partial charge in [-0.3, -0.25) is 13.9 Å². The third kappa shape index (κ3) is 6.71. The van der Waals surface area contributed by atoms with Crippen LogP contribution in [-0.4, -0.2) is 58.1 Å². The van der Waals surface area contributed by atoms with Gasteiger partial charge in [0.25, 0.3) is 0 Å². The van der Waals surface area contributed by atoms with Crippen LogP contribution in [0.3, 0.4) is 0 Å². The summed E-state index contributed by atoms with van der Waals surface area (Å²) in [5.41, 5.74) is 2.04. The highest BCUT2D eigenvalue weighted by molar-refractivity contribution is 7.92. The number of hydrogen-bond acceptors (Lipinski definition) is 5. The molecule has 33 heavy (non-hydrogen) atoms. The summed E-state index contributed by atoms with van der Waals surface area (Å²) in [7, 11) is -0.690. The number of sulfonamides is 1. The number of methoxy groups -OCH3 is 1. The Morgan fingerprint density at radius 3 is 2.36 bits per heavy atom. The van der Waals surface area contributed by atoms with Gasteiger partial charge < -0.3 is 15.0 Å². The van der Waals surface area contributed by atoms with E-state index in [4.69, 9.17) is 4.74 Å². The molecule has 0 aromatic heterocycles. The Labute approximate surface area is 196 Å². The lowest BCUT2D eigenvalue weighted by Crippen LogP contribution is -2.51. The molecular formula is C24H33N3O5S. The van der Waals surface area contributed by atoms with Crippen LogP contribution in [0.5, 0.6) is 5.75 Å². The van der Waals surface area contributed by atoms with Crippen molar-refractivity contribution >= 4 is 27.5 Å². The summed E-state index contributed by atoms with van der Waals surface area (Å²) in [5, 5.41) is 2.60. The smallest absolute Gasteiger partial charge is 0.244 e. The van der Waals surface area contributed by atoms with Gasteiger partial charge in [-0.05, 0) is 42.2 Å². The topological polar surface area (TPSA) is 96.0 Å². The van der Waals surface area contributed by atoms with Crippen LogP contribution in [0.15, 0.2) is 48.5 Å². The number of likely N-dealkylation sites (N-methyl/N-ethyl adjacent to an activating group) is 1. The van der Waals surface area contributed by atoms with E-state index in [2.05, 4.69) is 5.32 Å². The van der Waals surface area contributed by atoms with Crippen molar-refractivity contribution in [2.24, 2.45) is 0 Å². The molecule has 0 aliphatic rings. The average Bonchev–Trinajstić information content (AvgIpc) is 2.81. The molecule has 2 rings (SSSR count). The zero-order valence-electron chi connectivity index (χ0n) is 19.9. The average molecular weight is 476 g/mol. The molecule has 0 bridgehead atoms. The molecule has 2 aromatic rings. The maximum Gasteiger partial charge on any atom is 0.244 e. The first-order valence-electron chi connectivity index (χ1n) is 10.9. The minimum absolute atomic E-state index is 0.134. The van der Waals surface area contributed by atoms with E-state index in [1.165, 1.54) is 11.9 Å². The maximum atomic E-state index is 13.6. The van der Waals surface area contributed by atoms with E-state index in [1.807, 2.05) is 32.0 Å². The van der Waals surface area contributed by atoms with Crippen LogP contribution in [0.25, 0.3) is 0 Å². The lowest BCUT2D eigenvalue weighted by atomic mass is 10.1. The summed E-state index contributed by atoms with van der Waals surface area (Å²) in [6.45, 7) is 3.46. The van der Waals surface area contributed by atoms with Gasteiger partial charge in [-0.2, -0.15) is 0 Å². The standard InChI is InChI=1S/C24H33N3O5S/c1-6-19-12-8-9-14-22(19)27(33(5,30)31)17-23(28)26(21(7-2)24(29)25-3)16-18-11-10-13-20(15-18)32-4/h8-15,21H,6-7,16-17H2,1-5H3,(H,25,29). The zero-order chi connectivity index (χ0) is 24.6. The molecule has 0 radical (unpaired) electrons. The molecule has 0 heterocycles. The van der Waals surface area contributed by atoms with Gasteiger partial charge in [0.2, 0.25) is 21.8 Å². The van der Waals surface area contributed by atoms with Gasteiger partial charge in [0.15, 0.2) is 0 Å². The van der Waals surface area contributed by atoms with E-state index in [-0.39, 0.29) is 12.5 Å². The second-order valence-corrected chi connectivity index (χ2v) is 9.57. The highest BCUT2D eigenvalue weighted by Crippen LogP contribution is 2.24. The molecule has 8 nitrogen and oxygen atoms in total. The number of carbonyl (C=O) groups excluding carboxylic acids is 2. The van der Waals surface area contributed by atoms with E-state index in [1.54, 1.807) is 37.4 Å². The molecule has 180 valence electrons. The summed E-state index contributed by atoms with van der Waals surface area (Å²) in [6, 6.07) is 13.6. The minimum Gasteiger partial charge on any atom is -0.497 e. The Kier molecular flexibility index (Phi) is 9.28. The minimum atomic E-state index is -3.76. The van der Waals surface area contributed by atoms with E-state index < -0.39 is 28.5 Å². The predicted octanol–water partition coefficient (Wildman–Crippen LogP) is 2.58. The Bertz CT molecular complexity index is 1070. The largest absolute Gasteiger partial charge is 0.497 e. The van der Waals surface area contributed by atoms with Crippen molar-refractivity contribution in [3.63, 3.8) is 0 Å². The molecule has 1 atom stereocenters. The number of nitrogens with zero attached hydrogens (tertiary/aromatic N) is 2. The van der Waals surface area contributed by atoms with Crippen LogP contribution >= 0.6 is 0 Å². The number of anilines is 1. The summed E-state index contributed by atoms with van der Waals surface area (Å²) in [4.78, 5) is 27.6. The van der Waals surface area contributed by atoms with Gasteiger partial charge >= 0.3 is 0 Å². The normalized spacial score (nSPS) is 12.0. The molecule has 0 spiro atoms. The second-order valence-electron chi connectivity index (χ2n) is 7.66.